The fourth-order valence-electron chi connectivity index (χ4n) is 2.72. The molecule has 3 rings (SSSR count). The average molecular weight is 354 g/mol. The van der Waals surface area contributed by atoms with Gasteiger partial charge in [-0.05, 0) is 18.9 Å². The molecular formula is C15H17F3N6O. The number of nitrogens with zero attached hydrogens (tertiary/aromatic N) is 5. The Kier molecular flexibility index (Phi) is 4.60. The quantitative estimate of drug-likeness (QED) is 0.912. The third kappa shape index (κ3) is 4.06. The third-order valence-electron chi connectivity index (χ3n) is 4.02. The highest BCUT2D eigenvalue weighted by molar-refractivity contribution is 5.92. The summed E-state index contributed by atoms with van der Waals surface area (Å²) in [6, 6.07) is 2.50. The summed E-state index contributed by atoms with van der Waals surface area (Å²) in [6.45, 7) is 1.01. The Labute approximate surface area is 141 Å². The van der Waals surface area contributed by atoms with Crippen molar-refractivity contribution in [3.8, 4) is 0 Å². The number of aromatic nitrogens is 4. The van der Waals surface area contributed by atoms with Crippen LogP contribution in [0.2, 0.25) is 0 Å². The maximum absolute atomic E-state index is 12.7. The molecule has 0 bridgehead atoms. The predicted molar refractivity (Wildman–Crippen MR) is 82.8 cm³/mol. The normalized spacial score (nSPS) is 16.1. The average Bonchev–Trinajstić information content (AvgIpc) is 3.01. The van der Waals surface area contributed by atoms with Gasteiger partial charge >= 0.3 is 6.18 Å². The minimum Gasteiger partial charge on any atom is -0.367 e. The number of hydrogen-bond donors (Lipinski definition) is 1. The van der Waals surface area contributed by atoms with Crippen LogP contribution in [0.3, 0.4) is 0 Å². The second-order valence-electron chi connectivity index (χ2n) is 5.87. The van der Waals surface area contributed by atoms with E-state index in [1.54, 1.807) is 28.9 Å². The Morgan fingerprint density at radius 1 is 1.28 bits per heavy atom. The van der Waals surface area contributed by atoms with Gasteiger partial charge in [0.1, 0.15) is 23.5 Å². The second-order valence-corrected chi connectivity index (χ2v) is 5.87. The number of halogens is 3. The van der Waals surface area contributed by atoms with E-state index in [-0.39, 0.29) is 17.8 Å². The summed E-state index contributed by atoms with van der Waals surface area (Å²) in [4.78, 5) is 21.1. The van der Waals surface area contributed by atoms with Crippen molar-refractivity contribution < 1.29 is 18.0 Å². The van der Waals surface area contributed by atoms with E-state index in [4.69, 9.17) is 0 Å². The maximum atomic E-state index is 12.7. The topological polar surface area (TPSA) is 75.9 Å². The molecule has 2 aromatic rings. The van der Waals surface area contributed by atoms with E-state index >= 15 is 0 Å². The van der Waals surface area contributed by atoms with E-state index in [1.807, 2.05) is 0 Å². The maximum Gasteiger partial charge on any atom is 0.433 e. The zero-order valence-corrected chi connectivity index (χ0v) is 13.5. The van der Waals surface area contributed by atoms with E-state index in [2.05, 4.69) is 20.4 Å². The predicted octanol–water partition coefficient (Wildman–Crippen LogP) is 1.95. The molecule has 1 saturated heterocycles. The highest BCUT2D eigenvalue weighted by atomic mass is 19.4. The Morgan fingerprint density at radius 2 is 2.00 bits per heavy atom. The molecule has 1 aliphatic rings. The van der Waals surface area contributed by atoms with E-state index in [1.165, 1.54) is 0 Å². The third-order valence-corrected chi connectivity index (χ3v) is 4.02. The monoisotopic (exact) mass is 354 g/mol. The lowest BCUT2D eigenvalue weighted by Crippen LogP contribution is -2.42. The molecular weight excluding hydrogens is 337 g/mol. The summed E-state index contributed by atoms with van der Waals surface area (Å²) in [5.41, 5.74) is -0.590. The van der Waals surface area contributed by atoms with E-state index in [0.717, 1.165) is 12.4 Å². The summed E-state index contributed by atoms with van der Waals surface area (Å²) in [6.07, 6.45) is -0.675. The van der Waals surface area contributed by atoms with Crippen LogP contribution < -0.4 is 5.32 Å². The number of amides is 1. The molecule has 0 saturated carbocycles. The first kappa shape index (κ1) is 17.2. The molecule has 134 valence electrons. The first-order chi connectivity index (χ1) is 11.8. The number of carbonyl (C=O) groups excluding carboxylic acids is 1. The summed E-state index contributed by atoms with van der Waals surface area (Å²) in [5.74, 6) is -0.00253. The van der Waals surface area contributed by atoms with Crippen LogP contribution in [0.25, 0.3) is 0 Å². The number of hydrogen-bond acceptors (Lipinski definition) is 5. The lowest BCUT2D eigenvalue weighted by Gasteiger charge is -2.32. The Bertz CT molecular complexity index is 752. The van der Waals surface area contributed by atoms with E-state index < -0.39 is 11.9 Å². The van der Waals surface area contributed by atoms with Crippen molar-refractivity contribution in [3.05, 3.63) is 36.0 Å². The minimum absolute atomic E-state index is 0.0521. The van der Waals surface area contributed by atoms with Gasteiger partial charge in [-0.15, -0.1) is 0 Å². The summed E-state index contributed by atoms with van der Waals surface area (Å²) in [5, 5.41) is 7.08. The van der Waals surface area contributed by atoms with Gasteiger partial charge in [-0.3, -0.25) is 9.48 Å². The number of aryl methyl sites for hydroxylation is 1. The first-order valence-corrected chi connectivity index (χ1v) is 7.77. The lowest BCUT2D eigenvalue weighted by molar-refractivity contribution is -0.141. The molecule has 7 nitrogen and oxygen atoms in total. The fraction of sp³-hybridized carbons (Fsp3) is 0.467. The van der Waals surface area contributed by atoms with Gasteiger partial charge in [-0.2, -0.15) is 18.3 Å². The van der Waals surface area contributed by atoms with Crippen molar-refractivity contribution in [3.63, 3.8) is 0 Å². The van der Waals surface area contributed by atoms with Crippen molar-refractivity contribution in [2.75, 3.05) is 18.4 Å². The summed E-state index contributed by atoms with van der Waals surface area (Å²) >= 11 is 0. The van der Waals surface area contributed by atoms with Crippen molar-refractivity contribution >= 4 is 11.7 Å². The fourth-order valence-corrected chi connectivity index (χ4v) is 2.72. The lowest BCUT2D eigenvalue weighted by atomic mass is 10.0. The molecule has 0 unspecified atom stereocenters. The molecule has 0 spiro atoms. The van der Waals surface area contributed by atoms with Gasteiger partial charge in [-0.1, -0.05) is 0 Å². The largest absolute Gasteiger partial charge is 0.433 e. The van der Waals surface area contributed by atoms with Crippen molar-refractivity contribution in [1.29, 1.82) is 0 Å². The molecule has 0 aromatic carbocycles. The molecule has 0 atom stereocenters. The summed E-state index contributed by atoms with van der Waals surface area (Å²) < 4.78 is 39.6. The van der Waals surface area contributed by atoms with Crippen LogP contribution in [0.15, 0.2) is 24.7 Å². The molecule has 1 fully saturated rings. The highest BCUT2D eigenvalue weighted by Crippen LogP contribution is 2.28. The van der Waals surface area contributed by atoms with Crippen LogP contribution in [-0.4, -0.2) is 49.7 Å². The highest BCUT2D eigenvalue weighted by Gasteiger charge is 2.33. The van der Waals surface area contributed by atoms with Crippen molar-refractivity contribution in [2.45, 2.75) is 25.1 Å². The number of rotatable bonds is 3. The Hall–Kier alpha value is -2.65. The van der Waals surface area contributed by atoms with Gasteiger partial charge in [0.25, 0.3) is 5.91 Å². The van der Waals surface area contributed by atoms with Crippen molar-refractivity contribution in [2.24, 2.45) is 7.05 Å². The second kappa shape index (κ2) is 6.69. The van der Waals surface area contributed by atoms with Crippen LogP contribution in [-0.2, 0) is 13.2 Å². The molecule has 0 radical (unpaired) electrons. The molecule has 1 amide bonds. The standard InChI is InChI=1S/C15H17F3N6O/c1-23-5-4-11(22-23)14(25)24-6-2-10(3-7-24)21-13-8-12(15(16,17)18)19-9-20-13/h4-5,8-10H,2-3,6-7H2,1H3,(H,19,20,21). The zero-order chi connectivity index (χ0) is 18.0. The molecule has 0 aliphatic carbocycles. The molecule has 3 heterocycles. The molecule has 1 aliphatic heterocycles. The Morgan fingerprint density at radius 3 is 2.60 bits per heavy atom. The van der Waals surface area contributed by atoms with Gasteiger partial charge in [0.15, 0.2) is 0 Å². The smallest absolute Gasteiger partial charge is 0.367 e. The minimum atomic E-state index is -4.50. The van der Waals surface area contributed by atoms with Crippen LogP contribution >= 0.6 is 0 Å². The van der Waals surface area contributed by atoms with Crippen molar-refractivity contribution in [1.82, 2.24) is 24.6 Å². The molecule has 10 heteroatoms. The van der Waals surface area contributed by atoms with E-state index in [0.29, 0.717) is 31.6 Å². The number of alkyl halides is 3. The molecule has 2 aromatic heterocycles. The number of nitrogens with one attached hydrogen (secondary N) is 1. The van der Waals surface area contributed by atoms with Crippen LogP contribution in [0, 0.1) is 0 Å². The Balaban J connectivity index is 1.57. The van der Waals surface area contributed by atoms with Gasteiger partial charge in [0, 0.05) is 38.4 Å². The molecule has 1 N–H and O–H groups in total. The van der Waals surface area contributed by atoms with E-state index in [9.17, 15) is 18.0 Å². The molecule has 25 heavy (non-hydrogen) atoms. The van der Waals surface area contributed by atoms with Crippen LogP contribution in [0.1, 0.15) is 29.0 Å². The zero-order valence-electron chi connectivity index (χ0n) is 13.5. The number of piperidine rings is 1. The number of anilines is 1. The van der Waals surface area contributed by atoms with Crippen LogP contribution in [0.4, 0.5) is 19.0 Å². The number of carbonyl (C=O) groups is 1. The number of likely N-dealkylation sites (tertiary alicyclic amines) is 1. The van der Waals surface area contributed by atoms with Gasteiger partial charge in [0.05, 0.1) is 0 Å². The van der Waals surface area contributed by atoms with Gasteiger partial charge in [-0.25, -0.2) is 9.97 Å². The SMILES string of the molecule is Cn1ccc(C(=O)N2CCC(Nc3cc(C(F)(F)F)ncn3)CC2)n1. The first-order valence-electron chi connectivity index (χ1n) is 7.77. The van der Waals surface area contributed by atoms with Gasteiger partial charge in [0.2, 0.25) is 0 Å². The van der Waals surface area contributed by atoms with Gasteiger partial charge < -0.3 is 10.2 Å². The van der Waals surface area contributed by atoms with Crippen LogP contribution in [0.5, 0.6) is 0 Å². The summed E-state index contributed by atoms with van der Waals surface area (Å²) in [7, 11) is 1.74.